The average Bonchev–Trinajstić information content (AvgIpc) is 3.56. The molecule has 0 amide bonds. The van der Waals surface area contributed by atoms with Crippen LogP contribution in [-0.4, -0.2) is 26.4 Å². The Hall–Kier alpha value is -4.19. The summed E-state index contributed by atoms with van der Waals surface area (Å²) < 4.78 is 5.46. The van der Waals surface area contributed by atoms with Crippen molar-refractivity contribution in [3.8, 4) is 0 Å². The fourth-order valence-electron chi connectivity index (χ4n) is 6.67. The predicted molar refractivity (Wildman–Crippen MR) is 162 cm³/mol. The highest BCUT2D eigenvalue weighted by molar-refractivity contribution is 5.96. The van der Waals surface area contributed by atoms with E-state index in [0.29, 0.717) is 12.2 Å². The number of H-pyrrole nitrogens is 2. The van der Waals surface area contributed by atoms with E-state index in [2.05, 4.69) is 89.3 Å². The molecule has 6 heteroatoms. The smallest absolute Gasteiger partial charge is 0.298 e. The minimum absolute atomic E-state index is 0.0363. The van der Waals surface area contributed by atoms with Crippen molar-refractivity contribution in [2.45, 2.75) is 66.2 Å². The number of aryl methyl sites for hydroxylation is 4. The number of nitrogens with one attached hydrogen (secondary N) is 2. The molecule has 8 bridgehead atoms. The molecule has 0 aromatic carbocycles. The lowest BCUT2D eigenvalue weighted by molar-refractivity contribution is -0.126. The van der Waals surface area contributed by atoms with Crippen molar-refractivity contribution in [3.05, 3.63) is 93.8 Å². The highest BCUT2D eigenvalue weighted by atomic mass is 16.5. The molecule has 3 aromatic heterocycles. The number of carbonyl (C=O) groups excluding carboxylic acids is 1. The predicted octanol–water partition coefficient (Wildman–Crippen LogP) is 7.80. The van der Waals surface area contributed by atoms with Crippen LogP contribution in [0.4, 0.5) is 0 Å². The molecule has 6 rings (SSSR count). The number of allylic oxidation sites excluding steroid dienone is 5. The molecule has 1 aliphatic carbocycles. The van der Waals surface area contributed by atoms with Gasteiger partial charge in [0.15, 0.2) is 0 Å². The molecule has 204 valence electrons. The minimum atomic E-state index is -0.361. The molecule has 0 fully saturated rings. The number of hydrogen-bond acceptors (Lipinski definition) is 4. The fourth-order valence-corrected chi connectivity index (χ4v) is 6.67. The highest BCUT2D eigenvalue weighted by Crippen LogP contribution is 2.54. The Kier molecular flexibility index (Phi) is 5.98. The van der Waals surface area contributed by atoms with Crippen molar-refractivity contribution in [2.75, 3.05) is 0 Å². The zero-order chi connectivity index (χ0) is 28.5. The quantitative estimate of drug-likeness (QED) is 0.337. The van der Waals surface area contributed by atoms with E-state index in [1.165, 1.54) is 22.3 Å². The van der Waals surface area contributed by atoms with Crippen LogP contribution in [0, 0.1) is 33.6 Å². The second kappa shape index (κ2) is 9.19. The number of hydrogen-bond donors (Lipinski definition) is 2. The lowest BCUT2D eigenvalue weighted by Gasteiger charge is -2.40. The fraction of sp³-hybridized carbons (Fsp3) is 0.324. The average molecular weight is 533 g/mol. The number of fused-ring (bicyclic) bond motifs is 11. The monoisotopic (exact) mass is 532 g/mol. The van der Waals surface area contributed by atoms with Crippen molar-refractivity contribution >= 4 is 39.7 Å². The zero-order valence-corrected chi connectivity index (χ0v) is 24.3. The van der Waals surface area contributed by atoms with Crippen LogP contribution in [0.15, 0.2) is 48.8 Å². The molecule has 3 unspecified atom stereocenters. The molecule has 3 aromatic rings. The van der Waals surface area contributed by atoms with Crippen LogP contribution >= 0.6 is 0 Å². The van der Waals surface area contributed by atoms with Gasteiger partial charge in [-0.15, -0.1) is 0 Å². The van der Waals surface area contributed by atoms with Gasteiger partial charge < -0.3 is 14.7 Å². The molecule has 40 heavy (non-hydrogen) atoms. The highest BCUT2D eigenvalue weighted by Gasteiger charge is 2.50. The molecule has 0 saturated heterocycles. The molecule has 3 atom stereocenters. The maximum absolute atomic E-state index is 11.3. The lowest BCUT2D eigenvalue weighted by atomic mass is 9.62. The molecule has 0 saturated carbocycles. The van der Waals surface area contributed by atoms with Gasteiger partial charge in [-0.3, -0.25) is 9.78 Å². The van der Waals surface area contributed by atoms with Crippen LogP contribution in [0.1, 0.15) is 78.1 Å². The third-order valence-corrected chi connectivity index (χ3v) is 9.87. The zero-order valence-electron chi connectivity index (χ0n) is 24.3. The largest absolute Gasteiger partial charge is 0.433 e. The third-order valence-electron chi connectivity index (χ3n) is 9.87. The number of ether oxygens (including phenoxy) is 1. The summed E-state index contributed by atoms with van der Waals surface area (Å²) in [5, 5.41) is 0. The SMILES string of the molecule is C=CC1=C(C)c2cc3nc(cc4[nH]c(cc5[nH]c(cc1n2)c(C)c5C)c(C)c4C)C1(C)C(C)C(OC=O)=CCC31. The van der Waals surface area contributed by atoms with Crippen molar-refractivity contribution in [2.24, 2.45) is 5.92 Å². The summed E-state index contributed by atoms with van der Waals surface area (Å²) in [4.78, 5) is 29.0. The van der Waals surface area contributed by atoms with Gasteiger partial charge in [-0.2, -0.15) is 0 Å². The number of carbonyl (C=O) groups is 1. The maximum Gasteiger partial charge on any atom is 0.298 e. The van der Waals surface area contributed by atoms with Crippen LogP contribution in [0.2, 0.25) is 0 Å². The molecule has 5 heterocycles. The van der Waals surface area contributed by atoms with E-state index < -0.39 is 0 Å². The van der Waals surface area contributed by atoms with E-state index >= 15 is 0 Å². The Bertz CT molecular complexity index is 1830. The Morgan fingerprint density at radius 1 is 0.900 bits per heavy atom. The number of rotatable bonds is 3. The van der Waals surface area contributed by atoms with Crippen LogP contribution in [0.5, 0.6) is 0 Å². The summed E-state index contributed by atoms with van der Waals surface area (Å²) in [5.74, 6) is 0.791. The van der Waals surface area contributed by atoms with E-state index in [9.17, 15) is 4.79 Å². The van der Waals surface area contributed by atoms with Gasteiger partial charge in [0, 0.05) is 50.6 Å². The van der Waals surface area contributed by atoms with Gasteiger partial charge in [0.05, 0.1) is 17.1 Å². The normalized spacial score (nSPS) is 22.1. The van der Waals surface area contributed by atoms with E-state index in [1.807, 2.05) is 12.2 Å². The van der Waals surface area contributed by atoms with Gasteiger partial charge in [-0.05, 0) is 99.2 Å². The van der Waals surface area contributed by atoms with Crippen LogP contribution < -0.4 is 0 Å². The molecule has 3 aliphatic rings. The summed E-state index contributed by atoms with van der Waals surface area (Å²) in [5.41, 5.74) is 14.6. The lowest BCUT2D eigenvalue weighted by Crippen LogP contribution is -2.38. The molecule has 6 nitrogen and oxygen atoms in total. The van der Waals surface area contributed by atoms with Gasteiger partial charge in [-0.1, -0.05) is 26.5 Å². The standard InChI is InChI=1S/C34H36N4O2/c1-9-23-21(6)28-14-31-24-10-11-32(40-16-39)22(7)34(24,8)33(38-31)15-29-20(5)19(4)26(36-29)12-25-17(2)18(3)27(35-25)13-30(23)37-28/h9,11-16,22,24,35-36H,1,10H2,2-8H3. The van der Waals surface area contributed by atoms with Crippen molar-refractivity contribution in [3.63, 3.8) is 0 Å². The molecule has 0 radical (unpaired) electrons. The van der Waals surface area contributed by atoms with Gasteiger partial charge in [-0.25, -0.2) is 4.98 Å². The molecular formula is C34H36N4O2. The Labute approximate surface area is 234 Å². The van der Waals surface area contributed by atoms with Gasteiger partial charge in [0.25, 0.3) is 6.47 Å². The van der Waals surface area contributed by atoms with Gasteiger partial charge in [0.1, 0.15) is 5.76 Å². The van der Waals surface area contributed by atoms with Crippen LogP contribution in [0.3, 0.4) is 0 Å². The second-order valence-electron chi connectivity index (χ2n) is 11.6. The number of aromatic amines is 2. The van der Waals surface area contributed by atoms with E-state index in [-0.39, 0.29) is 17.3 Å². The molecule has 0 spiro atoms. The second-order valence-corrected chi connectivity index (χ2v) is 11.6. The number of nitrogens with zero attached hydrogens (tertiary/aromatic N) is 2. The van der Waals surface area contributed by atoms with E-state index in [1.54, 1.807) is 0 Å². The van der Waals surface area contributed by atoms with E-state index in [0.717, 1.165) is 62.4 Å². The van der Waals surface area contributed by atoms with Crippen molar-refractivity contribution in [1.82, 2.24) is 19.9 Å². The first-order valence-electron chi connectivity index (χ1n) is 13.9. The van der Waals surface area contributed by atoms with E-state index in [4.69, 9.17) is 14.7 Å². The van der Waals surface area contributed by atoms with Crippen molar-refractivity contribution < 1.29 is 9.53 Å². The van der Waals surface area contributed by atoms with Crippen LogP contribution in [-0.2, 0) is 14.9 Å². The maximum atomic E-state index is 11.3. The summed E-state index contributed by atoms with van der Waals surface area (Å²) >= 11 is 0. The first-order valence-corrected chi connectivity index (χ1v) is 13.9. The Morgan fingerprint density at radius 3 is 2.10 bits per heavy atom. The Morgan fingerprint density at radius 2 is 1.50 bits per heavy atom. The van der Waals surface area contributed by atoms with Crippen molar-refractivity contribution in [1.29, 1.82) is 0 Å². The van der Waals surface area contributed by atoms with Gasteiger partial charge >= 0.3 is 0 Å². The summed E-state index contributed by atoms with van der Waals surface area (Å²) in [7, 11) is 0. The first kappa shape index (κ1) is 26.1. The summed E-state index contributed by atoms with van der Waals surface area (Å²) in [6.45, 7) is 19.7. The molecular weight excluding hydrogens is 496 g/mol. The molecule has 2 N–H and O–H groups in total. The molecule has 2 aliphatic heterocycles. The summed E-state index contributed by atoms with van der Waals surface area (Å²) in [6, 6.07) is 8.66. The summed E-state index contributed by atoms with van der Waals surface area (Å²) in [6.07, 6.45) is 4.67. The first-order chi connectivity index (χ1) is 19.1. The van der Waals surface area contributed by atoms with Gasteiger partial charge in [0.2, 0.25) is 0 Å². The topological polar surface area (TPSA) is 83.7 Å². The van der Waals surface area contributed by atoms with Crippen LogP contribution in [0.25, 0.3) is 33.2 Å². The third kappa shape index (κ3) is 3.65. The minimum Gasteiger partial charge on any atom is -0.433 e. The number of aromatic nitrogens is 4. The Balaban J connectivity index is 1.76.